The van der Waals surface area contributed by atoms with Crippen molar-refractivity contribution in [3.8, 4) is 5.75 Å². The van der Waals surface area contributed by atoms with Gasteiger partial charge in [0.25, 0.3) is 11.6 Å². The lowest BCUT2D eigenvalue weighted by Gasteiger charge is -2.03. The first-order valence-corrected chi connectivity index (χ1v) is 6.90. The molecule has 9 heteroatoms. The smallest absolute Gasteiger partial charge is 0.272 e. The maximum atomic E-state index is 11.9. The Morgan fingerprint density at radius 2 is 2.00 bits per heavy atom. The van der Waals surface area contributed by atoms with E-state index in [4.69, 9.17) is 23.2 Å². The summed E-state index contributed by atoms with van der Waals surface area (Å²) >= 11 is 11.7. The number of carbonyl (C=O) groups is 1. The summed E-state index contributed by atoms with van der Waals surface area (Å²) in [5.41, 5.74) is 2.19. The zero-order valence-electron chi connectivity index (χ0n) is 11.4. The molecule has 2 aromatic carbocycles. The molecule has 0 bridgehead atoms. The van der Waals surface area contributed by atoms with E-state index < -0.39 is 10.8 Å². The van der Waals surface area contributed by atoms with Crippen molar-refractivity contribution in [1.82, 2.24) is 5.43 Å². The molecule has 0 radical (unpaired) electrons. The number of hydrogen-bond donors (Lipinski definition) is 2. The highest BCUT2D eigenvalue weighted by Gasteiger charge is 2.11. The van der Waals surface area contributed by atoms with Gasteiger partial charge in [-0.05, 0) is 24.3 Å². The predicted molar refractivity (Wildman–Crippen MR) is 86.3 cm³/mol. The molecule has 23 heavy (non-hydrogen) atoms. The van der Waals surface area contributed by atoms with Gasteiger partial charge in [-0.15, -0.1) is 0 Å². The molecule has 1 amide bonds. The third kappa shape index (κ3) is 4.18. The number of nitrogens with one attached hydrogen (secondary N) is 1. The van der Waals surface area contributed by atoms with Crippen LogP contribution in [0, 0.1) is 10.1 Å². The number of phenols is 1. The van der Waals surface area contributed by atoms with E-state index in [2.05, 4.69) is 10.5 Å². The molecular weight excluding hydrogens is 345 g/mol. The minimum Gasteiger partial charge on any atom is -0.507 e. The number of nitro groups is 1. The van der Waals surface area contributed by atoms with Crippen molar-refractivity contribution in [2.24, 2.45) is 5.10 Å². The fraction of sp³-hybridized carbons (Fsp3) is 0. The molecule has 0 heterocycles. The number of nitrogens with zero attached hydrogens (tertiary/aromatic N) is 2. The van der Waals surface area contributed by atoms with Crippen LogP contribution in [0.5, 0.6) is 5.75 Å². The molecule has 0 aliphatic rings. The van der Waals surface area contributed by atoms with Crippen LogP contribution in [0.25, 0.3) is 0 Å². The Morgan fingerprint density at radius 1 is 1.26 bits per heavy atom. The molecule has 7 nitrogen and oxygen atoms in total. The third-order valence-electron chi connectivity index (χ3n) is 2.76. The van der Waals surface area contributed by atoms with Crippen molar-refractivity contribution < 1.29 is 14.8 Å². The van der Waals surface area contributed by atoms with E-state index in [0.29, 0.717) is 5.02 Å². The highest BCUT2D eigenvalue weighted by molar-refractivity contribution is 6.35. The predicted octanol–water partition coefficient (Wildman–Crippen LogP) is 3.37. The van der Waals surface area contributed by atoms with Crippen LogP contribution < -0.4 is 5.43 Å². The van der Waals surface area contributed by atoms with Crippen LogP contribution in [-0.2, 0) is 0 Å². The SMILES string of the molecule is O=C(N/N=C/c1cc([N+](=O)[O-])ccc1O)c1cc(Cl)ccc1Cl. The number of nitro benzene ring substituents is 1. The molecule has 0 aromatic heterocycles. The Morgan fingerprint density at radius 3 is 2.70 bits per heavy atom. The third-order valence-corrected chi connectivity index (χ3v) is 3.33. The maximum Gasteiger partial charge on any atom is 0.272 e. The minimum atomic E-state index is -0.612. The second kappa shape index (κ2) is 7.08. The van der Waals surface area contributed by atoms with Gasteiger partial charge in [0.1, 0.15) is 5.75 Å². The zero-order chi connectivity index (χ0) is 17.0. The van der Waals surface area contributed by atoms with Crippen LogP contribution in [0.3, 0.4) is 0 Å². The van der Waals surface area contributed by atoms with Crippen molar-refractivity contribution in [2.75, 3.05) is 0 Å². The average Bonchev–Trinajstić information content (AvgIpc) is 2.51. The highest BCUT2D eigenvalue weighted by Crippen LogP contribution is 2.22. The number of benzene rings is 2. The van der Waals surface area contributed by atoms with E-state index in [0.717, 1.165) is 24.4 Å². The largest absolute Gasteiger partial charge is 0.507 e. The molecule has 0 atom stereocenters. The quantitative estimate of drug-likeness (QED) is 0.499. The van der Waals surface area contributed by atoms with Gasteiger partial charge in [-0.25, -0.2) is 5.43 Å². The van der Waals surface area contributed by atoms with Gasteiger partial charge in [0.15, 0.2) is 0 Å². The first kappa shape index (κ1) is 16.7. The van der Waals surface area contributed by atoms with Crippen LogP contribution in [0.4, 0.5) is 5.69 Å². The molecule has 2 rings (SSSR count). The Hall–Kier alpha value is -2.64. The Kier molecular flexibility index (Phi) is 5.15. The summed E-state index contributed by atoms with van der Waals surface area (Å²) in [6, 6.07) is 7.81. The molecule has 0 unspecified atom stereocenters. The molecule has 0 saturated carbocycles. The number of carbonyl (C=O) groups excluding carboxylic acids is 1. The van der Waals surface area contributed by atoms with Crippen molar-refractivity contribution in [1.29, 1.82) is 0 Å². The highest BCUT2D eigenvalue weighted by atomic mass is 35.5. The van der Waals surface area contributed by atoms with Gasteiger partial charge in [0.2, 0.25) is 0 Å². The second-order valence-corrected chi connectivity index (χ2v) is 5.17. The van der Waals surface area contributed by atoms with Crippen LogP contribution in [0.1, 0.15) is 15.9 Å². The summed E-state index contributed by atoms with van der Waals surface area (Å²) in [6.45, 7) is 0. The summed E-state index contributed by atoms with van der Waals surface area (Å²) in [5, 5.41) is 24.5. The fourth-order valence-electron chi connectivity index (χ4n) is 1.65. The van der Waals surface area contributed by atoms with E-state index in [1.165, 1.54) is 18.2 Å². The molecule has 0 saturated heterocycles. The van der Waals surface area contributed by atoms with Gasteiger partial charge in [-0.3, -0.25) is 14.9 Å². The number of rotatable bonds is 4. The molecular formula is C14H9Cl2N3O4. The van der Waals surface area contributed by atoms with Gasteiger partial charge in [-0.1, -0.05) is 23.2 Å². The van der Waals surface area contributed by atoms with Crippen LogP contribution in [-0.4, -0.2) is 22.2 Å². The average molecular weight is 354 g/mol. The Labute approximate surface area is 140 Å². The standard InChI is InChI=1S/C14H9Cl2N3O4/c15-9-1-3-12(16)11(6-9)14(21)18-17-7-8-5-10(19(22)23)2-4-13(8)20/h1-7,20H,(H,18,21)/b17-7+. The van der Waals surface area contributed by atoms with Crippen molar-refractivity contribution in [3.63, 3.8) is 0 Å². The summed E-state index contributed by atoms with van der Waals surface area (Å²) in [7, 11) is 0. The number of non-ortho nitro benzene ring substituents is 1. The molecule has 0 aliphatic carbocycles. The second-order valence-electron chi connectivity index (χ2n) is 4.32. The summed E-state index contributed by atoms with van der Waals surface area (Å²) in [4.78, 5) is 22.0. The topological polar surface area (TPSA) is 105 Å². The summed E-state index contributed by atoms with van der Waals surface area (Å²) in [5.74, 6) is -0.826. The number of aromatic hydroxyl groups is 1. The van der Waals surface area contributed by atoms with E-state index in [9.17, 15) is 20.0 Å². The Balaban J connectivity index is 2.15. The van der Waals surface area contributed by atoms with E-state index in [-0.39, 0.29) is 27.6 Å². The number of amides is 1. The minimum absolute atomic E-state index is 0.0803. The molecule has 0 fully saturated rings. The zero-order valence-corrected chi connectivity index (χ0v) is 12.9. The van der Waals surface area contributed by atoms with Gasteiger partial charge in [-0.2, -0.15) is 5.10 Å². The van der Waals surface area contributed by atoms with Crippen LogP contribution in [0.2, 0.25) is 10.0 Å². The normalized spacial score (nSPS) is 10.7. The van der Waals surface area contributed by atoms with Gasteiger partial charge in [0.05, 0.1) is 21.7 Å². The number of hydrazone groups is 1. The van der Waals surface area contributed by atoms with Crippen LogP contribution >= 0.6 is 23.2 Å². The first-order chi connectivity index (χ1) is 10.9. The number of hydrogen-bond acceptors (Lipinski definition) is 5. The Bertz CT molecular complexity index is 809. The fourth-order valence-corrected chi connectivity index (χ4v) is 2.03. The molecule has 0 spiro atoms. The number of phenolic OH excluding ortho intramolecular Hbond substituents is 1. The van der Waals surface area contributed by atoms with Crippen LogP contribution in [0.15, 0.2) is 41.5 Å². The lowest BCUT2D eigenvalue weighted by Crippen LogP contribution is -2.18. The molecule has 2 N–H and O–H groups in total. The van der Waals surface area contributed by atoms with Crippen molar-refractivity contribution in [3.05, 3.63) is 67.7 Å². The van der Waals surface area contributed by atoms with E-state index in [1.54, 1.807) is 0 Å². The van der Waals surface area contributed by atoms with Gasteiger partial charge < -0.3 is 5.11 Å². The maximum absolute atomic E-state index is 11.9. The lowest BCUT2D eigenvalue weighted by atomic mass is 10.2. The first-order valence-electron chi connectivity index (χ1n) is 6.14. The molecule has 0 aliphatic heterocycles. The van der Waals surface area contributed by atoms with Crippen molar-refractivity contribution >= 4 is 41.0 Å². The molecule has 2 aromatic rings. The monoisotopic (exact) mass is 353 g/mol. The van der Waals surface area contributed by atoms with E-state index in [1.807, 2.05) is 0 Å². The molecule has 118 valence electrons. The van der Waals surface area contributed by atoms with Gasteiger partial charge in [0, 0.05) is 22.7 Å². The van der Waals surface area contributed by atoms with Crippen molar-refractivity contribution in [2.45, 2.75) is 0 Å². The lowest BCUT2D eigenvalue weighted by molar-refractivity contribution is -0.384. The number of halogens is 2. The summed E-state index contributed by atoms with van der Waals surface area (Å²) in [6.07, 6.45) is 1.08. The van der Waals surface area contributed by atoms with Gasteiger partial charge >= 0.3 is 0 Å². The summed E-state index contributed by atoms with van der Waals surface area (Å²) < 4.78 is 0. The van der Waals surface area contributed by atoms with E-state index >= 15 is 0 Å².